The van der Waals surface area contributed by atoms with Gasteiger partial charge in [-0.2, -0.15) is 0 Å². The highest BCUT2D eigenvalue weighted by Crippen LogP contribution is 2.29. The number of fused-ring (bicyclic) bond motifs is 1. The molecule has 0 bridgehead atoms. The summed E-state index contributed by atoms with van der Waals surface area (Å²) in [6.07, 6.45) is 1.37. The number of hydrogen-bond acceptors (Lipinski definition) is 5. The second-order valence-corrected chi connectivity index (χ2v) is 3.09. The van der Waals surface area contributed by atoms with E-state index in [4.69, 9.17) is 21.1 Å². The van der Waals surface area contributed by atoms with Gasteiger partial charge in [-0.15, -0.1) is 0 Å². The van der Waals surface area contributed by atoms with Crippen molar-refractivity contribution in [3.8, 4) is 11.6 Å². The Bertz CT molecular complexity index is 504. The zero-order valence-electron chi connectivity index (χ0n) is 8.19. The number of methoxy groups -OCH3 is 2. The zero-order valence-corrected chi connectivity index (χ0v) is 8.95. The van der Waals surface area contributed by atoms with Gasteiger partial charge >= 0.3 is 0 Å². The third-order valence-corrected chi connectivity index (χ3v) is 2.19. The van der Waals surface area contributed by atoms with Gasteiger partial charge in [-0.05, 0) is 0 Å². The van der Waals surface area contributed by atoms with Crippen LogP contribution in [-0.2, 0) is 0 Å². The molecule has 6 heteroatoms. The Morgan fingerprint density at radius 2 is 2.00 bits per heavy atom. The lowest BCUT2D eigenvalue weighted by atomic mass is 10.3. The maximum atomic E-state index is 5.87. The van der Waals surface area contributed by atoms with Gasteiger partial charge in [0.05, 0.1) is 19.7 Å². The van der Waals surface area contributed by atoms with Crippen molar-refractivity contribution < 1.29 is 9.47 Å². The maximum absolute atomic E-state index is 5.87. The number of halogens is 1. The molecule has 15 heavy (non-hydrogen) atoms. The third-order valence-electron chi connectivity index (χ3n) is 1.91. The first kappa shape index (κ1) is 9.92. The minimum atomic E-state index is 0.293. The number of pyridine rings is 1. The van der Waals surface area contributed by atoms with Gasteiger partial charge in [0.15, 0.2) is 10.9 Å². The molecule has 0 amide bonds. The molecule has 0 radical (unpaired) electrons. The molecule has 0 unspecified atom stereocenters. The van der Waals surface area contributed by atoms with Crippen LogP contribution >= 0.6 is 11.6 Å². The molecular formula is C9H8ClN3O2. The van der Waals surface area contributed by atoms with E-state index >= 15 is 0 Å². The van der Waals surface area contributed by atoms with E-state index in [0.29, 0.717) is 27.8 Å². The smallest absolute Gasteiger partial charge is 0.257 e. The van der Waals surface area contributed by atoms with E-state index in [1.165, 1.54) is 20.5 Å². The van der Waals surface area contributed by atoms with Crippen molar-refractivity contribution in [3.63, 3.8) is 0 Å². The van der Waals surface area contributed by atoms with Crippen LogP contribution in [-0.4, -0.2) is 29.2 Å². The van der Waals surface area contributed by atoms with Crippen molar-refractivity contribution in [2.24, 2.45) is 0 Å². The Morgan fingerprint density at radius 1 is 1.20 bits per heavy atom. The molecule has 5 nitrogen and oxygen atoms in total. The summed E-state index contributed by atoms with van der Waals surface area (Å²) in [4.78, 5) is 12.0. The van der Waals surface area contributed by atoms with E-state index in [1.807, 2.05) is 0 Å². The van der Waals surface area contributed by atoms with E-state index in [-0.39, 0.29) is 0 Å². The Morgan fingerprint density at radius 3 is 2.67 bits per heavy atom. The van der Waals surface area contributed by atoms with Gasteiger partial charge in [-0.3, -0.25) is 0 Å². The second-order valence-electron chi connectivity index (χ2n) is 2.73. The lowest BCUT2D eigenvalue weighted by Crippen LogP contribution is -1.96. The van der Waals surface area contributed by atoms with E-state index in [9.17, 15) is 0 Å². The largest absolute Gasteiger partial charge is 0.491 e. The van der Waals surface area contributed by atoms with Gasteiger partial charge in [0.1, 0.15) is 11.8 Å². The van der Waals surface area contributed by atoms with Gasteiger partial charge in [0.25, 0.3) is 5.88 Å². The normalized spacial score (nSPS) is 10.3. The van der Waals surface area contributed by atoms with Gasteiger partial charge in [0.2, 0.25) is 0 Å². The van der Waals surface area contributed by atoms with Crippen LogP contribution in [0, 0.1) is 0 Å². The summed E-state index contributed by atoms with van der Waals surface area (Å²) >= 11 is 5.87. The van der Waals surface area contributed by atoms with Gasteiger partial charge in [-0.25, -0.2) is 15.0 Å². The summed E-state index contributed by atoms with van der Waals surface area (Å²) in [5.41, 5.74) is 1.12. The summed E-state index contributed by atoms with van der Waals surface area (Å²) in [5.74, 6) is 0.876. The van der Waals surface area contributed by atoms with Crippen LogP contribution in [0.3, 0.4) is 0 Å². The first-order chi connectivity index (χ1) is 7.26. The highest BCUT2D eigenvalue weighted by molar-refractivity contribution is 6.33. The standard InChI is InChI=1S/C9H8ClN3O2/c1-14-6-3-5-7(13-9(6)15-2)8(10)12-4-11-5/h3-4H,1-2H3. The Labute approximate surface area is 91.0 Å². The fourth-order valence-electron chi connectivity index (χ4n) is 1.21. The summed E-state index contributed by atoms with van der Waals surface area (Å²) in [6, 6.07) is 1.70. The molecule has 2 heterocycles. The van der Waals surface area contributed by atoms with Crippen LogP contribution in [0.15, 0.2) is 12.4 Å². The molecule has 0 spiro atoms. The fraction of sp³-hybridized carbons (Fsp3) is 0.222. The maximum Gasteiger partial charge on any atom is 0.257 e. The molecule has 0 fully saturated rings. The predicted molar refractivity (Wildman–Crippen MR) is 55.4 cm³/mol. The number of ether oxygens (including phenoxy) is 2. The average molecular weight is 226 g/mol. The number of nitrogens with zero attached hydrogens (tertiary/aromatic N) is 3. The quantitative estimate of drug-likeness (QED) is 0.728. The van der Waals surface area contributed by atoms with Crippen molar-refractivity contribution in [3.05, 3.63) is 17.5 Å². The van der Waals surface area contributed by atoms with E-state index in [1.54, 1.807) is 6.07 Å². The summed E-state index contributed by atoms with van der Waals surface area (Å²) in [6.45, 7) is 0. The molecule has 0 aliphatic heterocycles. The summed E-state index contributed by atoms with van der Waals surface area (Å²) < 4.78 is 10.1. The van der Waals surface area contributed by atoms with Crippen molar-refractivity contribution in [2.75, 3.05) is 14.2 Å². The van der Waals surface area contributed by atoms with Crippen molar-refractivity contribution in [2.45, 2.75) is 0 Å². The lowest BCUT2D eigenvalue weighted by molar-refractivity contribution is 0.344. The fourth-order valence-corrected chi connectivity index (χ4v) is 1.40. The predicted octanol–water partition coefficient (Wildman–Crippen LogP) is 1.70. The molecule has 0 aromatic carbocycles. The Balaban J connectivity index is 2.75. The average Bonchev–Trinajstić information content (AvgIpc) is 2.28. The monoisotopic (exact) mass is 225 g/mol. The van der Waals surface area contributed by atoms with Crippen molar-refractivity contribution in [1.29, 1.82) is 0 Å². The molecule has 2 rings (SSSR count). The molecule has 0 aliphatic carbocycles. The van der Waals surface area contributed by atoms with Crippen LogP contribution in [0.1, 0.15) is 0 Å². The molecule has 0 saturated carbocycles. The van der Waals surface area contributed by atoms with Crippen LogP contribution in [0.5, 0.6) is 11.6 Å². The van der Waals surface area contributed by atoms with Gasteiger partial charge in [0, 0.05) is 6.07 Å². The Kier molecular flexibility index (Phi) is 2.55. The number of hydrogen-bond donors (Lipinski definition) is 0. The highest BCUT2D eigenvalue weighted by Gasteiger charge is 2.10. The van der Waals surface area contributed by atoms with Crippen LogP contribution < -0.4 is 9.47 Å². The molecule has 0 saturated heterocycles. The Hall–Kier alpha value is -1.62. The first-order valence-corrected chi connectivity index (χ1v) is 4.53. The molecule has 0 N–H and O–H groups in total. The topological polar surface area (TPSA) is 57.1 Å². The van der Waals surface area contributed by atoms with Crippen LogP contribution in [0.4, 0.5) is 0 Å². The van der Waals surface area contributed by atoms with Crippen molar-refractivity contribution in [1.82, 2.24) is 15.0 Å². The number of aromatic nitrogens is 3. The molecule has 0 atom stereocenters. The van der Waals surface area contributed by atoms with E-state index < -0.39 is 0 Å². The lowest BCUT2D eigenvalue weighted by Gasteiger charge is -2.07. The van der Waals surface area contributed by atoms with Crippen LogP contribution in [0.25, 0.3) is 11.0 Å². The van der Waals surface area contributed by atoms with Crippen LogP contribution in [0.2, 0.25) is 5.15 Å². The number of rotatable bonds is 2. The highest BCUT2D eigenvalue weighted by atomic mass is 35.5. The first-order valence-electron chi connectivity index (χ1n) is 4.15. The molecular weight excluding hydrogens is 218 g/mol. The second kappa shape index (κ2) is 3.86. The van der Waals surface area contributed by atoms with E-state index in [2.05, 4.69) is 15.0 Å². The molecule has 0 aliphatic rings. The summed E-state index contributed by atoms with van der Waals surface area (Å²) in [7, 11) is 3.04. The summed E-state index contributed by atoms with van der Waals surface area (Å²) in [5, 5.41) is 0.293. The van der Waals surface area contributed by atoms with Gasteiger partial charge in [-0.1, -0.05) is 11.6 Å². The minimum absolute atomic E-state index is 0.293. The zero-order chi connectivity index (χ0) is 10.8. The van der Waals surface area contributed by atoms with Crippen molar-refractivity contribution >= 4 is 22.6 Å². The molecule has 78 valence electrons. The molecule has 2 aromatic rings. The van der Waals surface area contributed by atoms with E-state index in [0.717, 1.165) is 0 Å². The van der Waals surface area contributed by atoms with Gasteiger partial charge < -0.3 is 9.47 Å². The molecule has 2 aromatic heterocycles. The third kappa shape index (κ3) is 1.66. The SMILES string of the molecule is COc1cc2ncnc(Cl)c2nc1OC. The minimum Gasteiger partial charge on any atom is -0.491 e.